The van der Waals surface area contributed by atoms with Crippen LogP contribution in [0.4, 0.5) is 0 Å². The summed E-state index contributed by atoms with van der Waals surface area (Å²) in [6, 6.07) is 0. The maximum Gasteiger partial charge on any atom is 0.293 e. The van der Waals surface area contributed by atoms with Crippen LogP contribution >= 0.6 is 12.6 Å². The minimum atomic E-state index is -2.94. The molecule has 2 nitrogen and oxygen atoms in total. The van der Waals surface area contributed by atoms with Gasteiger partial charge in [0.15, 0.2) is 0 Å². The molecule has 0 aromatic heterocycles. The maximum atomic E-state index is 10.0. The van der Waals surface area contributed by atoms with Crippen LogP contribution in [0.1, 0.15) is 28.4 Å². The quantitative estimate of drug-likeness (QED) is 0.487. The molecule has 0 fully saturated rings. The third-order valence-corrected chi connectivity index (χ3v) is 0.523. The molecule has 0 spiro atoms. The molecule has 0 saturated carbocycles. The molecule has 0 aliphatic rings. The van der Waals surface area contributed by atoms with E-state index < -0.39 is 24.6 Å². The van der Waals surface area contributed by atoms with Gasteiger partial charge in [-0.05, 0) is 6.37 Å². The second kappa shape index (κ2) is 3.77. The van der Waals surface area contributed by atoms with Gasteiger partial charge in [0.1, 0.15) is 0 Å². The van der Waals surface area contributed by atoms with E-state index in [-0.39, 0.29) is 6.47 Å². The predicted octanol–water partition coefficient (Wildman–Crippen LogP) is 1.26. The summed E-state index contributed by atoms with van der Waals surface area (Å²) in [5, 5.41) is 0. The lowest BCUT2D eigenvalue weighted by molar-refractivity contribution is -0.128. The van der Waals surface area contributed by atoms with Crippen molar-refractivity contribution in [2.75, 3.05) is 6.56 Å². The molecule has 0 heterocycles. The van der Waals surface area contributed by atoms with Gasteiger partial charge in [0.25, 0.3) is 6.47 Å². The van der Waals surface area contributed by atoms with Crippen LogP contribution in [0.2, 0.25) is 0 Å². The highest BCUT2D eigenvalue weighted by molar-refractivity contribution is 7.81. The Balaban J connectivity index is 5.19. The largest absolute Gasteiger partial charge is 0.468 e. The fourth-order valence-corrected chi connectivity index (χ4v) is 0.202. The number of ether oxygens (including phenoxy) is 1. The Labute approximate surface area is 69.4 Å². The van der Waals surface area contributed by atoms with E-state index in [1.807, 2.05) is 0 Å². The monoisotopic (exact) mass is 154 g/mol. The molecule has 0 aromatic rings. The molecule has 0 bridgehead atoms. The number of hydrogen-bond acceptors (Lipinski definition) is 3. The highest BCUT2D eigenvalue weighted by Crippen LogP contribution is 2.15. The normalized spacial score (nSPS) is 29.7. The van der Waals surface area contributed by atoms with Gasteiger partial charge in [0, 0.05) is 10.2 Å². The van der Waals surface area contributed by atoms with Gasteiger partial charge >= 0.3 is 0 Å². The third-order valence-electron chi connectivity index (χ3n) is 0.411. The molecular weight excluding hydrogens is 136 g/mol. The third kappa shape index (κ3) is 7.82. The van der Waals surface area contributed by atoms with Crippen molar-refractivity contribution in [1.29, 1.82) is 0 Å². The molecule has 0 N–H and O–H groups in total. The summed E-state index contributed by atoms with van der Waals surface area (Å²) in [7, 11) is 0. The highest BCUT2D eigenvalue weighted by atomic mass is 32.1. The molecule has 0 amide bonds. The smallest absolute Gasteiger partial charge is 0.293 e. The maximum absolute atomic E-state index is 10.0. The summed E-state index contributed by atoms with van der Waals surface area (Å²) in [4.78, 5) is 10.0. The van der Waals surface area contributed by atoms with Gasteiger partial charge in [0.05, 0.1) is 9.30 Å². The van der Waals surface area contributed by atoms with Gasteiger partial charge in [-0.15, -0.1) is 0 Å². The highest BCUT2D eigenvalue weighted by Gasteiger charge is 2.09. The molecule has 1 unspecified atom stereocenters. The Bertz CT molecular complexity index is 242. The van der Waals surface area contributed by atoms with E-state index in [9.17, 15) is 4.79 Å². The number of carbonyl (C=O) groups is 1. The Kier molecular flexibility index (Phi) is 1.18. The Morgan fingerprint density at radius 1 is 2.11 bits per heavy atom. The van der Waals surface area contributed by atoms with Gasteiger partial charge < -0.3 is 4.74 Å². The second-order valence-corrected chi connectivity index (χ2v) is 2.52. The second-order valence-electron chi connectivity index (χ2n) is 1.59. The summed E-state index contributed by atoms with van der Waals surface area (Å²) in [6.07, 6.45) is -2.77. The standard InChI is InChI=1S/C6H12O2S/c1-6(2,9)3-4-8-5-7/h5,9H,3-4H2,1-2H3/i1D2,3D2,4D2. The fourth-order valence-electron chi connectivity index (χ4n) is 0.157. The molecule has 1 atom stereocenters. The lowest BCUT2D eigenvalue weighted by Gasteiger charge is -2.15. The van der Waals surface area contributed by atoms with Crippen molar-refractivity contribution < 1.29 is 17.8 Å². The first kappa shape index (κ1) is 2.82. The zero-order valence-corrected chi connectivity index (χ0v) is 5.81. The van der Waals surface area contributed by atoms with Gasteiger partial charge in [-0.2, -0.15) is 12.6 Å². The minimum Gasteiger partial charge on any atom is -0.468 e. The average molecular weight is 154 g/mol. The van der Waals surface area contributed by atoms with Crippen LogP contribution in [0.5, 0.6) is 0 Å². The van der Waals surface area contributed by atoms with E-state index in [0.29, 0.717) is 0 Å². The molecule has 0 aliphatic carbocycles. The first-order valence-electron chi connectivity index (χ1n) is 5.34. The van der Waals surface area contributed by atoms with Crippen LogP contribution in [0.25, 0.3) is 0 Å². The molecule has 0 radical (unpaired) electrons. The Morgan fingerprint density at radius 3 is 3.22 bits per heavy atom. The molecule has 0 rings (SSSR count). The minimum absolute atomic E-state index is 0.218. The van der Waals surface area contributed by atoms with E-state index in [0.717, 1.165) is 6.92 Å². The number of thiol groups is 1. The van der Waals surface area contributed by atoms with Crippen molar-refractivity contribution in [1.82, 2.24) is 0 Å². The van der Waals surface area contributed by atoms with Crippen LogP contribution in [0.3, 0.4) is 0 Å². The van der Waals surface area contributed by atoms with Gasteiger partial charge in [-0.1, -0.05) is 13.8 Å². The lowest BCUT2D eigenvalue weighted by atomic mass is 10.1. The molecule has 9 heavy (non-hydrogen) atoms. The van der Waals surface area contributed by atoms with E-state index in [1.54, 1.807) is 0 Å². The van der Waals surface area contributed by atoms with Crippen molar-refractivity contribution in [3.8, 4) is 0 Å². The lowest BCUT2D eigenvalue weighted by Crippen LogP contribution is -2.13. The van der Waals surface area contributed by atoms with E-state index in [4.69, 9.17) is 8.22 Å². The fraction of sp³-hybridized carbons (Fsp3) is 0.833. The van der Waals surface area contributed by atoms with Gasteiger partial charge in [-0.3, -0.25) is 4.79 Å². The molecule has 0 aromatic carbocycles. The number of carbonyl (C=O) groups excluding carboxylic acids is 1. The predicted molar refractivity (Wildman–Crippen MR) is 39.7 cm³/mol. The van der Waals surface area contributed by atoms with Crippen molar-refractivity contribution in [3.63, 3.8) is 0 Å². The summed E-state index contributed by atoms with van der Waals surface area (Å²) in [5.74, 6) is 0. The molecule has 3 heteroatoms. The van der Waals surface area contributed by atoms with Gasteiger partial charge in [-0.25, -0.2) is 0 Å². The molecule has 0 aliphatic heterocycles. The van der Waals surface area contributed by atoms with Crippen molar-refractivity contribution in [2.24, 2.45) is 0 Å². The van der Waals surface area contributed by atoms with E-state index in [1.165, 1.54) is 0 Å². The van der Waals surface area contributed by atoms with Crippen LogP contribution in [-0.2, 0) is 9.53 Å². The van der Waals surface area contributed by atoms with E-state index in [2.05, 4.69) is 17.4 Å². The summed E-state index contributed by atoms with van der Waals surface area (Å²) in [5.41, 5.74) is 0. The summed E-state index contributed by atoms with van der Waals surface area (Å²) < 4.78 is 45.6. The van der Waals surface area contributed by atoms with E-state index >= 15 is 0 Å². The molecule has 0 saturated heterocycles. The number of rotatable bonds is 4. The zero-order valence-electron chi connectivity index (χ0n) is 10.9. The van der Waals surface area contributed by atoms with Gasteiger partial charge in [0.2, 0.25) is 0 Å². The summed E-state index contributed by atoms with van der Waals surface area (Å²) in [6.45, 7) is -3.77. The van der Waals surface area contributed by atoms with Crippen molar-refractivity contribution in [2.45, 2.75) is 24.9 Å². The first-order chi connectivity index (χ1) is 6.50. The van der Waals surface area contributed by atoms with Crippen LogP contribution in [0.15, 0.2) is 0 Å². The molecule has 54 valence electrons. The molecular formula is C6H12O2S. The van der Waals surface area contributed by atoms with Crippen molar-refractivity contribution in [3.05, 3.63) is 0 Å². The Hall–Kier alpha value is -0.180. The van der Waals surface area contributed by atoms with Crippen LogP contribution < -0.4 is 0 Å². The van der Waals surface area contributed by atoms with Crippen LogP contribution in [-0.4, -0.2) is 17.8 Å². The first-order valence-corrected chi connectivity index (χ1v) is 2.64. The SMILES string of the molecule is [2H]C([2H])C(C)(S)C([2H])([2H])C([2H])([2H])OC=O. The van der Waals surface area contributed by atoms with Crippen LogP contribution in [0, 0.1) is 0 Å². The zero-order chi connectivity index (χ0) is 12.5. The Morgan fingerprint density at radius 2 is 2.78 bits per heavy atom. The summed E-state index contributed by atoms with van der Waals surface area (Å²) >= 11 is 3.76. The number of hydrogen-bond donors (Lipinski definition) is 1. The average Bonchev–Trinajstić information content (AvgIpc) is 2.02. The topological polar surface area (TPSA) is 26.3 Å². The van der Waals surface area contributed by atoms with Crippen molar-refractivity contribution >= 4 is 19.1 Å².